The second-order valence-corrected chi connectivity index (χ2v) is 3.61. The maximum Gasteiger partial charge on any atom is 0.189 e. The van der Waals surface area contributed by atoms with Crippen molar-refractivity contribution < 1.29 is 0 Å². The largest absolute Gasteiger partial charge is 0.370 e. The van der Waals surface area contributed by atoms with E-state index in [1.807, 2.05) is 19.9 Å². The molecule has 0 aliphatic rings. The summed E-state index contributed by atoms with van der Waals surface area (Å²) in [7, 11) is 0. The van der Waals surface area contributed by atoms with Crippen LogP contribution in [0.2, 0.25) is 0 Å². The monoisotopic (exact) mass is 347 g/mol. The maximum atomic E-state index is 5.66. The molecule has 0 aliphatic heterocycles. The second kappa shape index (κ2) is 7.99. The predicted molar refractivity (Wildman–Crippen MR) is 80.3 cm³/mol. The number of nitrogens with one attached hydrogen (secondary N) is 1. The van der Waals surface area contributed by atoms with Crippen LogP contribution in [0.3, 0.4) is 0 Å². The van der Waals surface area contributed by atoms with Crippen LogP contribution in [0.1, 0.15) is 18.4 Å². The van der Waals surface area contributed by atoms with Crippen molar-refractivity contribution in [1.82, 2.24) is 15.3 Å². The van der Waals surface area contributed by atoms with E-state index in [0.717, 1.165) is 17.1 Å². The van der Waals surface area contributed by atoms with Crippen molar-refractivity contribution in [3.8, 4) is 0 Å². The molecule has 0 aliphatic carbocycles. The molecule has 6 heteroatoms. The smallest absolute Gasteiger partial charge is 0.189 e. The molecule has 5 nitrogen and oxygen atoms in total. The number of aromatic nitrogens is 2. The van der Waals surface area contributed by atoms with Crippen molar-refractivity contribution in [2.45, 2.75) is 20.4 Å². The summed E-state index contributed by atoms with van der Waals surface area (Å²) in [6.45, 7) is 8.62. The number of hydrogen-bond donors (Lipinski definition) is 2. The number of aliphatic imine (C=N–C) groups is 1. The van der Waals surface area contributed by atoms with Crippen LogP contribution in [-0.4, -0.2) is 22.5 Å². The van der Waals surface area contributed by atoms with E-state index >= 15 is 0 Å². The summed E-state index contributed by atoms with van der Waals surface area (Å²) in [4.78, 5) is 12.4. The van der Waals surface area contributed by atoms with Crippen LogP contribution in [0, 0.1) is 6.92 Å². The van der Waals surface area contributed by atoms with Crippen LogP contribution < -0.4 is 11.1 Å². The average molecular weight is 347 g/mol. The van der Waals surface area contributed by atoms with E-state index in [4.69, 9.17) is 5.73 Å². The molecule has 0 saturated heterocycles. The van der Waals surface area contributed by atoms with E-state index in [0.29, 0.717) is 19.0 Å². The quantitative estimate of drug-likeness (QED) is 0.374. The summed E-state index contributed by atoms with van der Waals surface area (Å²) in [5.41, 5.74) is 7.53. The Hall–Kier alpha value is -1.18. The minimum atomic E-state index is 0. The third kappa shape index (κ3) is 6.88. The molecular weight excluding hydrogens is 329 g/mol. The van der Waals surface area contributed by atoms with Gasteiger partial charge in [0.2, 0.25) is 0 Å². The van der Waals surface area contributed by atoms with Crippen molar-refractivity contribution in [3.05, 3.63) is 35.9 Å². The molecule has 0 bridgehead atoms. The van der Waals surface area contributed by atoms with Gasteiger partial charge in [-0.3, -0.25) is 0 Å². The number of nitrogens with zero attached hydrogens (tertiary/aromatic N) is 3. The predicted octanol–water partition coefficient (Wildman–Crippen LogP) is 1.38. The zero-order valence-electron chi connectivity index (χ0n) is 10.1. The fraction of sp³-hybridized carbons (Fsp3) is 0.364. The van der Waals surface area contributed by atoms with Gasteiger partial charge >= 0.3 is 0 Å². The topological polar surface area (TPSA) is 76.2 Å². The van der Waals surface area contributed by atoms with Crippen molar-refractivity contribution >= 4 is 29.9 Å². The van der Waals surface area contributed by atoms with Gasteiger partial charge < -0.3 is 11.1 Å². The lowest BCUT2D eigenvalue weighted by atomic mass is 10.3. The highest BCUT2D eigenvalue weighted by Gasteiger charge is 1.95. The van der Waals surface area contributed by atoms with E-state index in [1.54, 1.807) is 6.20 Å². The third-order valence-electron chi connectivity index (χ3n) is 1.82. The normalized spacial score (nSPS) is 10.6. The van der Waals surface area contributed by atoms with Gasteiger partial charge in [0.15, 0.2) is 5.96 Å². The first-order valence-electron chi connectivity index (χ1n) is 5.04. The van der Waals surface area contributed by atoms with E-state index in [-0.39, 0.29) is 24.0 Å². The van der Waals surface area contributed by atoms with Crippen LogP contribution in [0.5, 0.6) is 0 Å². The first kappa shape index (κ1) is 15.8. The fourth-order valence-electron chi connectivity index (χ4n) is 1.06. The van der Waals surface area contributed by atoms with Gasteiger partial charge in [-0.05, 0) is 19.9 Å². The Bertz CT molecular complexity index is 403. The van der Waals surface area contributed by atoms with Gasteiger partial charge in [-0.25, -0.2) is 15.0 Å². The van der Waals surface area contributed by atoms with Gasteiger partial charge in [-0.15, -0.1) is 24.0 Å². The van der Waals surface area contributed by atoms with E-state index < -0.39 is 0 Å². The Morgan fingerprint density at radius 2 is 2.29 bits per heavy atom. The summed E-state index contributed by atoms with van der Waals surface area (Å²) < 4.78 is 0. The maximum absolute atomic E-state index is 5.66. The van der Waals surface area contributed by atoms with Gasteiger partial charge in [0, 0.05) is 12.7 Å². The van der Waals surface area contributed by atoms with Gasteiger partial charge in [-0.1, -0.05) is 12.2 Å². The fourth-order valence-corrected chi connectivity index (χ4v) is 1.06. The number of hydrogen-bond acceptors (Lipinski definition) is 3. The first-order chi connectivity index (χ1) is 7.58. The standard InChI is InChI=1S/C11H17N5.HI/c1-8(2)6-14-11(12)15-7-10-4-5-13-9(3)16-10;/h4-5H,1,6-7H2,2-3H3,(H3,12,14,15);1H. The van der Waals surface area contributed by atoms with Gasteiger partial charge in [0.25, 0.3) is 0 Å². The number of guanidine groups is 1. The highest BCUT2D eigenvalue weighted by atomic mass is 127. The number of rotatable bonds is 4. The molecule has 3 N–H and O–H groups in total. The van der Waals surface area contributed by atoms with E-state index in [1.165, 1.54) is 0 Å². The van der Waals surface area contributed by atoms with Gasteiger partial charge in [0.05, 0.1) is 12.2 Å². The lowest BCUT2D eigenvalue weighted by molar-refractivity contribution is 0.897. The van der Waals surface area contributed by atoms with Crippen molar-refractivity contribution in [1.29, 1.82) is 0 Å². The lowest BCUT2D eigenvalue weighted by Gasteiger charge is -2.04. The Morgan fingerprint density at radius 3 is 2.88 bits per heavy atom. The van der Waals surface area contributed by atoms with Crippen LogP contribution in [-0.2, 0) is 6.54 Å². The van der Waals surface area contributed by atoms with Crippen LogP contribution >= 0.6 is 24.0 Å². The molecule has 0 fully saturated rings. The molecule has 0 amide bonds. The Labute approximate surface area is 119 Å². The molecule has 0 atom stereocenters. The zero-order chi connectivity index (χ0) is 12.0. The number of nitrogens with two attached hydrogens (primary N) is 1. The van der Waals surface area contributed by atoms with Crippen LogP contribution in [0.4, 0.5) is 0 Å². The average Bonchev–Trinajstić information content (AvgIpc) is 2.23. The highest BCUT2D eigenvalue weighted by Crippen LogP contribution is 1.96. The highest BCUT2D eigenvalue weighted by molar-refractivity contribution is 14.0. The van der Waals surface area contributed by atoms with E-state index in [2.05, 4.69) is 26.9 Å². The van der Waals surface area contributed by atoms with Crippen LogP contribution in [0.15, 0.2) is 29.4 Å². The zero-order valence-corrected chi connectivity index (χ0v) is 12.4. The molecule has 0 spiro atoms. The van der Waals surface area contributed by atoms with Crippen molar-refractivity contribution in [2.24, 2.45) is 10.7 Å². The molecule has 0 saturated carbocycles. The molecule has 94 valence electrons. The van der Waals surface area contributed by atoms with Crippen molar-refractivity contribution in [3.63, 3.8) is 0 Å². The minimum absolute atomic E-state index is 0. The van der Waals surface area contributed by atoms with Gasteiger partial charge in [-0.2, -0.15) is 0 Å². The Balaban J connectivity index is 0.00000256. The molecule has 17 heavy (non-hydrogen) atoms. The molecular formula is C11H18IN5. The molecule has 0 unspecified atom stereocenters. The SMILES string of the molecule is C=C(C)CNC(N)=NCc1ccnc(C)n1.I. The van der Waals surface area contributed by atoms with Crippen molar-refractivity contribution in [2.75, 3.05) is 6.54 Å². The summed E-state index contributed by atoms with van der Waals surface area (Å²) in [5, 5.41) is 2.95. The molecule has 1 heterocycles. The summed E-state index contributed by atoms with van der Waals surface area (Å²) >= 11 is 0. The third-order valence-corrected chi connectivity index (χ3v) is 1.82. The molecule has 0 aromatic carbocycles. The van der Waals surface area contributed by atoms with Gasteiger partial charge in [0.1, 0.15) is 5.82 Å². The summed E-state index contributed by atoms with van der Waals surface area (Å²) in [5.74, 6) is 1.14. The minimum Gasteiger partial charge on any atom is -0.370 e. The number of halogens is 1. The first-order valence-corrected chi connectivity index (χ1v) is 5.04. The molecule has 1 rings (SSSR count). The summed E-state index contributed by atoms with van der Waals surface area (Å²) in [6, 6.07) is 1.82. The van der Waals surface area contributed by atoms with Crippen LogP contribution in [0.25, 0.3) is 0 Å². The van der Waals surface area contributed by atoms with E-state index in [9.17, 15) is 0 Å². The summed E-state index contributed by atoms with van der Waals surface area (Å²) in [6.07, 6.45) is 1.71. The molecule has 0 radical (unpaired) electrons. The number of aryl methyl sites for hydroxylation is 1. The molecule has 1 aromatic heterocycles. The Kier molecular flexibility index (Phi) is 7.44. The Morgan fingerprint density at radius 1 is 1.59 bits per heavy atom. The lowest BCUT2D eigenvalue weighted by Crippen LogP contribution is -2.32. The second-order valence-electron chi connectivity index (χ2n) is 3.61. The molecule has 1 aromatic rings.